The highest BCUT2D eigenvalue weighted by atomic mass is 32.1. The van der Waals surface area contributed by atoms with E-state index in [9.17, 15) is 0 Å². The normalized spacial score (nSPS) is 12.6. The first-order chi connectivity index (χ1) is 16.2. The van der Waals surface area contributed by atoms with E-state index in [-0.39, 0.29) is 0 Å². The summed E-state index contributed by atoms with van der Waals surface area (Å²) in [5.41, 5.74) is 8.99. The number of fused-ring (bicyclic) bond motifs is 9. The van der Waals surface area contributed by atoms with Crippen LogP contribution in [0.4, 0.5) is 0 Å². The summed E-state index contributed by atoms with van der Waals surface area (Å²) >= 11 is 1.81. The maximum Gasteiger partial charge on any atom is 0.0658 e. The first kappa shape index (κ1) is 18.4. The fourth-order valence-electron chi connectivity index (χ4n) is 4.34. The van der Waals surface area contributed by atoms with Gasteiger partial charge in [-0.1, -0.05) is 18.2 Å². The van der Waals surface area contributed by atoms with Crippen molar-refractivity contribution in [3.05, 3.63) is 95.6 Å². The number of rotatable bonds is 1. The quantitative estimate of drug-likeness (QED) is 0.276. The summed E-state index contributed by atoms with van der Waals surface area (Å²) < 4.78 is 1.29. The van der Waals surface area contributed by atoms with Gasteiger partial charge in [0.1, 0.15) is 0 Å². The molecule has 8 bridgehead atoms. The highest BCUT2D eigenvalue weighted by Crippen LogP contribution is 2.36. The summed E-state index contributed by atoms with van der Waals surface area (Å²) in [5.74, 6) is 0. The van der Waals surface area contributed by atoms with Crippen molar-refractivity contribution in [3.63, 3.8) is 0 Å². The molecule has 2 N–H and O–H groups in total. The van der Waals surface area contributed by atoms with Crippen LogP contribution in [-0.2, 0) is 0 Å². The van der Waals surface area contributed by atoms with E-state index in [0.717, 1.165) is 44.8 Å². The molecule has 0 aliphatic carbocycles. The van der Waals surface area contributed by atoms with Crippen molar-refractivity contribution >= 4 is 67.8 Å². The molecule has 156 valence electrons. The summed E-state index contributed by atoms with van der Waals surface area (Å²) in [6.07, 6.45) is 8.20. The Hall–Kier alpha value is -4.22. The van der Waals surface area contributed by atoms with Crippen LogP contribution in [0, 0.1) is 0 Å². The minimum atomic E-state index is 0.927. The molecule has 0 amide bonds. The van der Waals surface area contributed by atoms with Crippen LogP contribution in [-0.4, -0.2) is 19.9 Å². The Morgan fingerprint density at radius 1 is 0.576 bits per heavy atom. The van der Waals surface area contributed by atoms with Crippen molar-refractivity contribution in [2.24, 2.45) is 0 Å². The molecule has 0 fully saturated rings. The number of aromatic amines is 2. The Kier molecular flexibility index (Phi) is 3.98. The molecule has 7 rings (SSSR count). The van der Waals surface area contributed by atoms with Crippen molar-refractivity contribution < 1.29 is 0 Å². The molecule has 33 heavy (non-hydrogen) atoms. The summed E-state index contributed by atoms with van der Waals surface area (Å²) in [6, 6.07) is 25.4. The Labute approximate surface area is 193 Å². The fraction of sp³-hybridized carbons (Fsp3) is 0. The molecule has 0 spiro atoms. The Morgan fingerprint density at radius 3 is 1.91 bits per heavy atom. The van der Waals surface area contributed by atoms with E-state index in [2.05, 4.69) is 88.8 Å². The van der Waals surface area contributed by atoms with Crippen LogP contribution in [0.25, 0.3) is 66.9 Å². The van der Waals surface area contributed by atoms with Crippen LogP contribution < -0.4 is 0 Å². The molecule has 0 saturated heterocycles. The van der Waals surface area contributed by atoms with E-state index in [0.29, 0.717) is 0 Å². The van der Waals surface area contributed by atoms with Crippen molar-refractivity contribution in [1.82, 2.24) is 19.9 Å². The van der Waals surface area contributed by atoms with Gasteiger partial charge in [0.05, 0.1) is 22.8 Å². The van der Waals surface area contributed by atoms with Crippen molar-refractivity contribution in [2.45, 2.75) is 0 Å². The lowest BCUT2D eigenvalue weighted by Crippen LogP contribution is -1.76. The number of hydrogen-bond acceptors (Lipinski definition) is 3. The first-order valence-corrected chi connectivity index (χ1v) is 11.6. The van der Waals surface area contributed by atoms with Crippen LogP contribution in [0.1, 0.15) is 22.8 Å². The fourth-order valence-corrected chi connectivity index (χ4v) is 5.43. The standard InChI is InChI=1S/C28H18N4S/c1-2-4-27-17(3-1)11-28(33-27)25-15-24-14-22-8-7-20(30-22)12-18-5-6-19(29-18)13-21-9-10-23(31-21)16-26(25)32-24/h1-16,29,32H. The van der Waals surface area contributed by atoms with Crippen LogP contribution in [0.5, 0.6) is 0 Å². The van der Waals surface area contributed by atoms with Gasteiger partial charge in [-0.25, -0.2) is 9.97 Å². The Balaban J connectivity index is 1.53. The topological polar surface area (TPSA) is 57.4 Å². The smallest absolute Gasteiger partial charge is 0.0658 e. The van der Waals surface area contributed by atoms with Crippen LogP contribution in [0.2, 0.25) is 0 Å². The molecule has 0 atom stereocenters. The molecule has 5 aromatic rings. The minimum Gasteiger partial charge on any atom is -0.355 e. The molecule has 0 saturated carbocycles. The number of thiophene rings is 1. The number of H-pyrrole nitrogens is 2. The molecule has 0 unspecified atom stereocenters. The van der Waals surface area contributed by atoms with Gasteiger partial charge in [0, 0.05) is 37.2 Å². The lowest BCUT2D eigenvalue weighted by Gasteiger charge is -1.92. The average Bonchev–Trinajstić information content (AvgIpc) is 3.61. The maximum absolute atomic E-state index is 4.82. The zero-order valence-electron chi connectivity index (χ0n) is 17.5. The van der Waals surface area contributed by atoms with Crippen LogP contribution in [0.3, 0.4) is 0 Å². The largest absolute Gasteiger partial charge is 0.355 e. The molecule has 4 aromatic heterocycles. The maximum atomic E-state index is 4.82. The predicted octanol–water partition coefficient (Wildman–Crippen LogP) is 7.54. The summed E-state index contributed by atoms with van der Waals surface area (Å²) in [7, 11) is 0. The highest BCUT2D eigenvalue weighted by molar-refractivity contribution is 7.22. The third kappa shape index (κ3) is 3.39. The second-order valence-corrected chi connectivity index (χ2v) is 9.32. The second kappa shape index (κ2) is 7.15. The molecule has 2 aliphatic rings. The van der Waals surface area contributed by atoms with Crippen molar-refractivity contribution in [2.75, 3.05) is 0 Å². The Morgan fingerprint density at radius 2 is 1.21 bits per heavy atom. The van der Waals surface area contributed by atoms with Crippen LogP contribution in [0.15, 0.2) is 72.8 Å². The van der Waals surface area contributed by atoms with E-state index >= 15 is 0 Å². The zero-order valence-corrected chi connectivity index (χ0v) is 18.4. The zero-order chi connectivity index (χ0) is 21.8. The van der Waals surface area contributed by atoms with E-state index in [1.54, 1.807) is 0 Å². The van der Waals surface area contributed by atoms with Gasteiger partial charge in [0.15, 0.2) is 0 Å². The summed E-state index contributed by atoms with van der Waals surface area (Å²) in [5, 5.41) is 1.26. The van der Waals surface area contributed by atoms with Crippen molar-refractivity contribution in [3.8, 4) is 10.4 Å². The molecule has 5 heteroatoms. The van der Waals surface area contributed by atoms with E-state index in [4.69, 9.17) is 9.97 Å². The van der Waals surface area contributed by atoms with Gasteiger partial charge in [-0.3, -0.25) is 0 Å². The average molecular weight is 443 g/mol. The van der Waals surface area contributed by atoms with Gasteiger partial charge in [-0.05, 0) is 84.3 Å². The third-order valence-electron chi connectivity index (χ3n) is 5.86. The number of benzene rings is 1. The molecule has 4 nitrogen and oxygen atoms in total. The molecule has 1 aromatic carbocycles. The number of nitrogens with zero attached hydrogens (tertiary/aromatic N) is 2. The monoisotopic (exact) mass is 442 g/mol. The summed E-state index contributed by atoms with van der Waals surface area (Å²) in [6.45, 7) is 0. The van der Waals surface area contributed by atoms with Crippen molar-refractivity contribution in [1.29, 1.82) is 0 Å². The third-order valence-corrected chi connectivity index (χ3v) is 7.01. The van der Waals surface area contributed by atoms with E-state index < -0.39 is 0 Å². The molecule has 6 heterocycles. The second-order valence-electron chi connectivity index (χ2n) is 8.24. The van der Waals surface area contributed by atoms with Gasteiger partial charge in [0.2, 0.25) is 0 Å². The number of nitrogens with one attached hydrogen (secondary N) is 2. The van der Waals surface area contributed by atoms with Gasteiger partial charge in [-0.15, -0.1) is 11.3 Å². The highest BCUT2D eigenvalue weighted by Gasteiger charge is 2.10. The van der Waals surface area contributed by atoms with Crippen LogP contribution >= 0.6 is 11.3 Å². The van der Waals surface area contributed by atoms with E-state index in [1.807, 2.05) is 29.6 Å². The first-order valence-electron chi connectivity index (χ1n) is 10.8. The lowest BCUT2D eigenvalue weighted by molar-refractivity contribution is 1.31. The predicted molar refractivity (Wildman–Crippen MR) is 140 cm³/mol. The molecule has 0 radical (unpaired) electrons. The molecular formula is C28H18N4S. The van der Waals surface area contributed by atoms with Gasteiger partial charge < -0.3 is 9.97 Å². The summed E-state index contributed by atoms with van der Waals surface area (Å²) in [4.78, 5) is 17.8. The van der Waals surface area contributed by atoms with Gasteiger partial charge in [0.25, 0.3) is 0 Å². The number of hydrogen-bond donors (Lipinski definition) is 2. The van der Waals surface area contributed by atoms with Gasteiger partial charge in [-0.2, -0.15) is 0 Å². The number of aromatic nitrogens is 4. The van der Waals surface area contributed by atoms with E-state index in [1.165, 1.54) is 20.5 Å². The Bertz CT molecular complexity index is 1750. The molecular weight excluding hydrogens is 424 g/mol. The molecule has 2 aliphatic heterocycles. The minimum absolute atomic E-state index is 0.927. The lowest BCUT2D eigenvalue weighted by atomic mass is 10.2. The SMILES string of the molecule is C1=Cc2cc3cc(-c4cc5ccccc5s4)c(cc4nc(cc5ccc(cc1n2)[nH]5)C=C4)[nH]3. The van der Waals surface area contributed by atoms with Gasteiger partial charge >= 0.3 is 0 Å².